The van der Waals surface area contributed by atoms with Gasteiger partial charge >= 0.3 is 0 Å². The van der Waals surface area contributed by atoms with Crippen molar-refractivity contribution in [2.75, 3.05) is 14.1 Å². The van der Waals surface area contributed by atoms with E-state index in [1.54, 1.807) is 0 Å². The van der Waals surface area contributed by atoms with Crippen LogP contribution in [0.15, 0.2) is 48.7 Å². The Balaban J connectivity index is 2.19. The number of hydrogen-bond donors (Lipinski definition) is 1. The first-order valence-corrected chi connectivity index (χ1v) is 7.44. The van der Waals surface area contributed by atoms with E-state index in [4.69, 9.17) is 11.6 Å². The van der Waals surface area contributed by atoms with Crippen molar-refractivity contribution in [1.82, 2.24) is 9.88 Å². The van der Waals surface area contributed by atoms with Crippen LogP contribution in [-0.2, 0) is 0 Å². The van der Waals surface area contributed by atoms with E-state index in [-0.39, 0.29) is 6.04 Å². The Kier molecular flexibility index (Phi) is 3.75. The van der Waals surface area contributed by atoms with Crippen molar-refractivity contribution >= 4 is 22.5 Å². The van der Waals surface area contributed by atoms with Gasteiger partial charge in [0.25, 0.3) is 0 Å². The van der Waals surface area contributed by atoms with Gasteiger partial charge in [0.05, 0.1) is 6.04 Å². The smallest absolute Gasteiger partial charge is 0.0618 e. The summed E-state index contributed by atoms with van der Waals surface area (Å²) in [5.74, 6) is 0. The molecule has 3 rings (SSSR count). The highest BCUT2D eigenvalue weighted by Crippen LogP contribution is 2.34. The fourth-order valence-electron chi connectivity index (χ4n) is 2.99. The monoisotopic (exact) mass is 298 g/mol. The molecule has 3 heteroatoms. The minimum absolute atomic E-state index is 0.180. The highest BCUT2D eigenvalue weighted by molar-refractivity contribution is 6.30. The average Bonchev–Trinajstić information content (AvgIpc) is 2.84. The summed E-state index contributed by atoms with van der Waals surface area (Å²) in [6.45, 7) is 2.13. The van der Waals surface area contributed by atoms with Gasteiger partial charge in [0.2, 0.25) is 0 Å². The van der Waals surface area contributed by atoms with Gasteiger partial charge in [0, 0.05) is 22.1 Å². The van der Waals surface area contributed by atoms with E-state index in [2.05, 4.69) is 61.4 Å². The standard InChI is InChI=1S/C18H19ClN2/c1-12-6-4-9-15-16(11-20-17(12)15)18(21(2)3)13-7-5-8-14(19)10-13/h4-11,18,20H,1-3H3. The van der Waals surface area contributed by atoms with E-state index in [0.717, 1.165) is 5.02 Å². The van der Waals surface area contributed by atoms with E-state index in [1.807, 2.05) is 18.2 Å². The summed E-state index contributed by atoms with van der Waals surface area (Å²) < 4.78 is 0. The van der Waals surface area contributed by atoms with Crippen LogP contribution in [0.2, 0.25) is 5.02 Å². The molecular weight excluding hydrogens is 280 g/mol. The van der Waals surface area contributed by atoms with Crippen LogP contribution in [0.5, 0.6) is 0 Å². The van der Waals surface area contributed by atoms with Gasteiger partial charge < -0.3 is 4.98 Å². The van der Waals surface area contributed by atoms with Gasteiger partial charge in [-0.1, -0.05) is 41.9 Å². The maximum absolute atomic E-state index is 6.17. The molecule has 0 saturated carbocycles. The molecule has 3 aromatic rings. The zero-order valence-corrected chi connectivity index (χ0v) is 13.3. The maximum atomic E-state index is 6.17. The van der Waals surface area contributed by atoms with E-state index in [0.29, 0.717) is 0 Å². The Hall–Kier alpha value is -1.77. The summed E-state index contributed by atoms with van der Waals surface area (Å²) in [6, 6.07) is 14.7. The zero-order chi connectivity index (χ0) is 15.0. The van der Waals surface area contributed by atoms with Crippen LogP contribution in [0.3, 0.4) is 0 Å². The summed E-state index contributed by atoms with van der Waals surface area (Å²) in [4.78, 5) is 5.64. The number of benzene rings is 2. The van der Waals surface area contributed by atoms with Crippen molar-refractivity contribution in [3.8, 4) is 0 Å². The molecule has 0 aliphatic carbocycles. The molecule has 108 valence electrons. The molecule has 2 aromatic carbocycles. The third-order valence-corrected chi connectivity index (χ3v) is 4.17. The number of para-hydroxylation sites is 1. The molecule has 1 aromatic heterocycles. The number of hydrogen-bond acceptors (Lipinski definition) is 1. The predicted octanol–water partition coefficient (Wildman–Crippen LogP) is 4.78. The maximum Gasteiger partial charge on any atom is 0.0618 e. The van der Waals surface area contributed by atoms with Crippen molar-refractivity contribution in [3.63, 3.8) is 0 Å². The number of fused-ring (bicyclic) bond motifs is 1. The minimum Gasteiger partial charge on any atom is -0.361 e. The second-order valence-corrected chi connectivity index (χ2v) is 6.10. The molecule has 0 fully saturated rings. The predicted molar refractivity (Wildman–Crippen MR) is 90.0 cm³/mol. The molecule has 0 spiro atoms. The van der Waals surface area contributed by atoms with Gasteiger partial charge in [-0.3, -0.25) is 4.90 Å². The van der Waals surface area contributed by atoms with Gasteiger partial charge in [-0.05, 0) is 49.8 Å². The second kappa shape index (κ2) is 5.55. The van der Waals surface area contributed by atoms with E-state index >= 15 is 0 Å². The molecule has 1 N–H and O–H groups in total. The lowest BCUT2D eigenvalue weighted by Gasteiger charge is -2.25. The number of nitrogens with zero attached hydrogens (tertiary/aromatic N) is 1. The fraction of sp³-hybridized carbons (Fsp3) is 0.222. The highest BCUT2D eigenvalue weighted by Gasteiger charge is 2.20. The molecule has 1 heterocycles. The van der Waals surface area contributed by atoms with Gasteiger partial charge in [0.15, 0.2) is 0 Å². The van der Waals surface area contributed by atoms with Gasteiger partial charge in [-0.15, -0.1) is 0 Å². The van der Waals surface area contributed by atoms with Crippen LogP contribution in [0, 0.1) is 6.92 Å². The SMILES string of the molecule is Cc1cccc2c(C(c3cccc(Cl)c3)N(C)C)c[nH]c12. The molecule has 0 aliphatic heterocycles. The first kappa shape index (κ1) is 14.2. The second-order valence-electron chi connectivity index (χ2n) is 5.66. The lowest BCUT2D eigenvalue weighted by atomic mass is 9.96. The van der Waals surface area contributed by atoms with E-state index in [1.165, 1.54) is 27.6 Å². The van der Waals surface area contributed by atoms with Crippen LogP contribution in [-0.4, -0.2) is 24.0 Å². The Morgan fingerprint density at radius 3 is 2.57 bits per heavy atom. The summed E-state index contributed by atoms with van der Waals surface area (Å²) in [7, 11) is 4.19. The zero-order valence-electron chi connectivity index (χ0n) is 12.5. The Labute approximate surface area is 130 Å². The van der Waals surface area contributed by atoms with Crippen LogP contribution >= 0.6 is 11.6 Å². The van der Waals surface area contributed by atoms with Crippen molar-refractivity contribution in [3.05, 3.63) is 70.4 Å². The van der Waals surface area contributed by atoms with Crippen LogP contribution in [0.25, 0.3) is 10.9 Å². The van der Waals surface area contributed by atoms with Gasteiger partial charge in [-0.25, -0.2) is 0 Å². The first-order chi connectivity index (χ1) is 10.1. The summed E-state index contributed by atoms with van der Waals surface area (Å²) >= 11 is 6.17. The molecule has 21 heavy (non-hydrogen) atoms. The molecular formula is C18H19ClN2. The molecule has 0 amide bonds. The largest absolute Gasteiger partial charge is 0.361 e. The molecule has 0 saturated heterocycles. The fourth-order valence-corrected chi connectivity index (χ4v) is 3.19. The van der Waals surface area contributed by atoms with Crippen molar-refractivity contribution in [2.45, 2.75) is 13.0 Å². The summed E-state index contributed by atoms with van der Waals surface area (Å²) in [5, 5.41) is 2.05. The number of halogens is 1. The lowest BCUT2D eigenvalue weighted by molar-refractivity contribution is 0.344. The quantitative estimate of drug-likeness (QED) is 0.737. The summed E-state index contributed by atoms with van der Waals surface area (Å²) in [6.07, 6.45) is 2.11. The number of aromatic amines is 1. The molecule has 0 radical (unpaired) electrons. The third-order valence-electron chi connectivity index (χ3n) is 3.93. The Morgan fingerprint density at radius 2 is 1.86 bits per heavy atom. The molecule has 0 bridgehead atoms. The number of H-pyrrole nitrogens is 1. The molecule has 0 aliphatic rings. The lowest BCUT2D eigenvalue weighted by Crippen LogP contribution is -2.20. The number of aryl methyl sites for hydroxylation is 1. The van der Waals surface area contributed by atoms with Gasteiger partial charge in [0.1, 0.15) is 0 Å². The Bertz CT molecular complexity index is 774. The molecule has 1 unspecified atom stereocenters. The molecule has 1 atom stereocenters. The van der Waals surface area contributed by atoms with Crippen LogP contribution in [0.1, 0.15) is 22.7 Å². The van der Waals surface area contributed by atoms with Crippen LogP contribution in [0.4, 0.5) is 0 Å². The number of nitrogens with one attached hydrogen (secondary N) is 1. The van der Waals surface area contributed by atoms with Crippen molar-refractivity contribution in [2.24, 2.45) is 0 Å². The van der Waals surface area contributed by atoms with E-state index in [9.17, 15) is 0 Å². The third kappa shape index (κ3) is 2.57. The van der Waals surface area contributed by atoms with E-state index < -0.39 is 0 Å². The minimum atomic E-state index is 0.180. The average molecular weight is 299 g/mol. The van der Waals surface area contributed by atoms with Crippen LogP contribution < -0.4 is 0 Å². The number of rotatable bonds is 3. The van der Waals surface area contributed by atoms with Gasteiger partial charge in [-0.2, -0.15) is 0 Å². The topological polar surface area (TPSA) is 19.0 Å². The Morgan fingerprint density at radius 1 is 1.10 bits per heavy atom. The normalized spacial score (nSPS) is 13.0. The number of aromatic nitrogens is 1. The first-order valence-electron chi connectivity index (χ1n) is 7.06. The highest BCUT2D eigenvalue weighted by atomic mass is 35.5. The van der Waals surface area contributed by atoms with Crippen molar-refractivity contribution < 1.29 is 0 Å². The summed E-state index contributed by atoms with van der Waals surface area (Å²) in [5.41, 5.74) is 4.96. The van der Waals surface area contributed by atoms with Crippen molar-refractivity contribution in [1.29, 1.82) is 0 Å². The molecule has 2 nitrogen and oxygen atoms in total.